The first-order valence-corrected chi connectivity index (χ1v) is 6.37. The molecule has 0 aliphatic rings. The molecular formula is C16H15NO3. The number of carbonyl (C=O) groups is 2. The Morgan fingerprint density at radius 2 is 1.85 bits per heavy atom. The third kappa shape index (κ3) is 2.91. The maximum Gasteiger partial charge on any atom is 0.340 e. The molecule has 2 rings (SSSR count). The van der Waals surface area contributed by atoms with Crippen molar-refractivity contribution in [2.24, 2.45) is 0 Å². The van der Waals surface area contributed by atoms with Gasteiger partial charge in [-0.3, -0.25) is 9.78 Å². The van der Waals surface area contributed by atoms with Crippen molar-refractivity contribution in [1.82, 2.24) is 4.98 Å². The number of benzene rings is 1. The van der Waals surface area contributed by atoms with Crippen LogP contribution in [0.25, 0.3) is 11.3 Å². The third-order valence-corrected chi connectivity index (χ3v) is 2.87. The second-order valence-electron chi connectivity index (χ2n) is 4.25. The van der Waals surface area contributed by atoms with Crippen LogP contribution in [0.2, 0.25) is 0 Å². The standard InChI is InChI=1S/C16H15NO3/c1-3-20-16(19)14-5-4-10-17-15(14)13-8-6-12(7-9-13)11(2)18/h4-10H,3H2,1-2H3. The molecule has 0 amide bonds. The minimum Gasteiger partial charge on any atom is -0.462 e. The summed E-state index contributed by atoms with van der Waals surface area (Å²) in [6, 6.07) is 10.4. The molecule has 2 aromatic rings. The predicted octanol–water partition coefficient (Wildman–Crippen LogP) is 3.13. The van der Waals surface area contributed by atoms with Gasteiger partial charge in [0, 0.05) is 17.3 Å². The van der Waals surface area contributed by atoms with Crippen molar-refractivity contribution in [2.45, 2.75) is 13.8 Å². The number of pyridine rings is 1. The van der Waals surface area contributed by atoms with Crippen LogP contribution in [-0.2, 0) is 4.74 Å². The topological polar surface area (TPSA) is 56.3 Å². The summed E-state index contributed by atoms with van der Waals surface area (Å²) in [5, 5.41) is 0. The molecule has 102 valence electrons. The van der Waals surface area contributed by atoms with Crippen LogP contribution in [-0.4, -0.2) is 23.3 Å². The van der Waals surface area contributed by atoms with E-state index in [4.69, 9.17) is 4.74 Å². The molecule has 1 aromatic heterocycles. The zero-order valence-electron chi connectivity index (χ0n) is 11.4. The number of ether oxygens (including phenoxy) is 1. The SMILES string of the molecule is CCOC(=O)c1cccnc1-c1ccc(C(C)=O)cc1. The van der Waals surface area contributed by atoms with Crippen LogP contribution in [0.15, 0.2) is 42.6 Å². The van der Waals surface area contributed by atoms with E-state index in [9.17, 15) is 9.59 Å². The van der Waals surface area contributed by atoms with E-state index in [-0.39, 0.29) is 5.78 Å². The molecule has 4 nitrogen and oxygen atoms in total. The van der Waals surface area contributed by atoms with Gasteiger partial charge in [0.1, 0.15) is 0 Å². The average Bonchev–Trinajstić information content (AvgIpc) is 2.47. The Kier molecular flexibility index (Phi) is 4.25. The molecule has 4 heteroatoms. The lowest BCUT2D eigenvalue weighted by atomic mass is 10.0. The molecule has 0 aliphatic heterocycles. The quantitative estimate of drug-likeness (QED) is 0.632. The Bertz CT molecular complexity index is 632. The summed E-state index contributed by atoms with van der Waals surface area (Å²) in [4.78, 5) is 27.4. The van der Waals surface area contributed by atoms with Crippen molar-refractivity contribution in [2.75, 3.05) is 6.61 Å². The average molecular weight is 269 g/mol. The molecule has 0 bridgehead atoms. The Hall–Kier alpha value is -2.49. The summed E-state index contributed by atoms with van der Waals surface area (Å²) in [6.45, 7) is 3.59. The summed E-state index contributed by atoms with van der Waals surface area (Å²) in [7, 11) is 0. The minimum atomic E-state index is -0.397. The Labute approximate surface area is 117 Å². The van der Waals surface area contributed by atoms with Gasteiger partial charge in [-0.2, -0.15) is 0 Å². The fourth-order valence-corrected chi connectivity index (χ4v) is 1.87. The number of esters is 1. The third-order valence-electron chi connectivity index (χ3n) is 2.87. The van der Waals surface area contributed by atoms with E-state index >= 15 is 0 Å². The van der Waals surface area contributed by atoms with Gasteiger partial charge in [-0.1, -0.05) is 24.3 Å². The highest BCUT2D eigenvalue weighted by Crippen LogP contribution is 2.22. The van der Waals surface area contributed by atoms with Gasteiger partial charge < -0.3 is 4.74 Å². The smallest absolute Gasteiger partial charge is 0.340 e. The maximum atomic E-state index is 11.9. The first-order valence-electron chi connectivity index (χ1n) is 6.37. The van der Waals surface area contributed by atoms with Crippen molar-refractivity contribution < 1.29 is 14.3 Å². The van der Waals surface area contributed by atoms with Crippen LogP contribution >= 0.6 is 0 Å². The van der Waals surface area contributed by atoms with Crippen LogP contribution in [0, 0.1) is 0 Å². The van der Waals surface area contributed by atoms with Gasteiger partial charge >= 0.3 is 5.97 Å². The number of hydrogen-bond acceptors (Lipinski definition) is 4. The highest BCUT2D eigenvalue weighted by molar-refractivity contribution is 5.97. The first kappa shape index (κ1) is 13.9. The van der Waals surface area contributed by atoms with E-state index in [0.29, 0.717) is 23.4 Å². The molecular weight excluding hydrogens is 254 g/mol. The van der Waals surface area contributed by atoms with E-state index in [1.54, 1.807) is 49.5 Å². The van der Waals surface area contributed by atoms with Crippen LogP contribution in [0.3, 0.4) is 0 Å². The van der Waals surface area contributed by atoms with Gasteiger partial charge in [0.05, 0.1) is 17.9 Å². The molecule has 0 unspecified atom stereocenters. The van der Waals surface area contributed by atoms with Gasteiger partial charge in [0.15, 0.2) is 5.78 Å². The normalized spacial score (nSPS) is 10.1. The lowest BCUT2D eigenvalue weighted by Crippen LogP contribution is -2.07. The van der Waals surface area contributed by atoms with Gasteiger partial charge in [0.25, 0.3) is 0 Å². The zero-order chi connectivity index (χ0) is 14.5. The number of rotatable bonds is 4. The molecule has 0 atom stereocenters. The molecule has 20 heavy (non-hydrogen) atoms. The molecule has 1 heterocycles. The lowest BCUT2D eigenvalue weighted by molar-refractivity contribution is 0.0526. The van der Waals surface area contributed by atoms with Crippen molar-refractivity contribution in [3.63, 3.8) is 0 Å². The van der Waals surface area contributed by atoms with E-state index in [2.05, 4.69) is 4.98 Å². The van der Waals surface area contributed by atoms with Gasteiger partial charge in [-0.05, 0) is 26.0 Å². The Morgan fingerprint density at radius 3 is 2.45 bits per heavy atom. The molecule has 0 spiro atoms. The fraction of sp³-hybridized carbons (Fsp3) is 0.188. The van der Waals surface area contributed by atoms with Crippen molar-refractivity contribution >= 4 is 11.8 Å². The number of ketones is 1. The number of Topliss-reactive ketones (excluding diaryl/α,β-unsaturated/α-hetero) is 1. The number of carbonyl (C=O) groups excluding carboxylic acids is 2. The second kappa shape index (κ2) is 6.10. The second-order valence-corrected chi connectivity index (χ2v) is 4.25. The van der Waals surface area contributed by atoms with Crippen LogP contribution < -0.4 is 0 Å². The Morgan fingerprint density at radius 1 is 1.15 bits per heavy atom. The summed E-state index contributed by atoms with van der Waals surface area (Å²) in [5.74, 6) is -0.394. The molecule has 0 saturated heterocycles. The highest BCUT2D eigenvalue weighted by atomic mass is 16.5. The van der Waals surface area contributed by atoms with Crippen molar-refractivity contribution in [3.8, 4) is 11.3 Å². The lowest BCUT2D eigenvalue weighted by Gasteiger charge is -2.08. The van der Waals surface area contributed by atoms with E-state index in [0.717, 1.165) is 5.56 Å². The molecule has 0 radical (unpaired) electrons. The minimum absolute atomic E-state index is 0.00295. The van der Waals surface area contributed by atoms with Gasteiger partial charge in [-0.25, -0.2) is 4.79 Å². The zero-order valence-corrected chi connectivity index (χ0v) is 11.4. The summed E-state index contributed by atoms with van der Waals surface area (Å²) < 4.78 is 5.02. The van der Waals surface area contributed by atoms with Gasteiger partial charge in [0.2, 0.25) is 0 Å². The molecule has 0 N–H and O–H groups in total. The summed E-state index contributed by atoms with van der Waals surface area (Å²) >= 11 is 0. The largest absolute Gasteiger partial charge is 0.462 e. The monoisotopic (exact) mass is 269 g/mol. The highest BCUT2D eigenvalue weighted by Gasteiger charge is 2.14. The van der Waals surface area contributed by atoms with Crippen molar-refractivity contribution in [3.05, 3.63) is 53.7 Å². The number of nitrogens with zero attached hydrogens (tertiary/aromatic N) is 1. The molecule has 1 aromatic carbocycles. The maximum absolute atomic E-state index is 11.9. The van der Waals surface area contributed by atoms with E-state index < -0.39 is 5.97 Å². The molecule has 0 aliphatic carbocycles. The fourth-order valence-electron chi connectivity index (χ4n) is 1.87. The number of hydrogen-bond donors (Lipinski definition) is 0. The molecule has 0 saturated carbocycles. The van der Waals surface area contributed by atoms with Gasteiger partial charge in [-0.15, -0.1) is 0 Å². The molecule has 0 fully saturated rings. The Balaban J connectivity index is 2.42. The van der Waals surface area contributed by atoms with Crippen LogP contribution in [0.4, 0.5) is 0 Å². The summed E-state index contributed by atoms with van der Waals surface area (Å²) in [5.41, 5.74) is 2.38. The van der Waals surface area contributed by atoms with E-state index in [1.807, 2.05) is 0 Å². The predicted molar refractivity (Wildman–Crippen MR) is 75.6 cm³/mol. The van der Waals surface area contributed by atoms with Crippen LogP contribution in [0.1, 0.15) is 34.6 Å². The summed E-state index contributed by atoms with van der Waals surface area (Å²) in [6.07, 6.45) is 1.62. The van der Waals surface area contributed by atoms with Crippen LogP contribution in [0.5, 0.6) is 0 Å². The first-order chi connectivity index (χ1) is 9.63. The number of aromatic nitrogens is 1. The van der Waals surface area contributed by atoms with E-state index in [1.165, 1.54) is 6.92 Å². The van der Waals surface area contributed by atoms with Crippen molar-refractivity contribution in [1.29, 1.82) is 0 Å².